The van der Waals surface area contributed by atoms with E-state index in [2.05, 4.69) is 12.2 Å². The zero-order valence-electron chi connectivity index (χ0n) is 22.9. The number of nitrogens with one attached hydrogen (secondary N) is 1. The highest BCUT2D eigenvalue weighted by atomic mass is 16.5. The van der Waals surface area contributed by atoms with Gasteiger partial charge >= 0.3 is 5.97 Å². The molecule has 0 bridgehead atoms. The molecule has 5 rings (SSSR count). The third kappa shape index (κ3) is 4.51. The predicted octanol–water partition coefficient (Wildman–Crippen LogP) is 3.37. The molecule has 8 heteroatoms. The second kappa shape index (κ2) is 10.2. The van der Waals surface area contributed by atoms with Crippen molar-refractivity contribution >= 4 is 17.7 Å². The molecule has 210 valence electrons. The van der Waals surface area contributed by atoms with E-state index in [1.54, 1.807) is 36.4 Å². The monoisotopic (exact) mass is 537 g/mol. The third-order valence-electron chi connectivity index (χ3n) is 10.2. The Bertz CT molecular complexity index is 1210. The van der Waals surface area contributed by atoms with E-state index in [-0.39, 0.29) is 34.9 Å². The second-order valence-corrected chi connectivity index (χ2v) is 12.1. The van der Waals surface area contributed by atoms with Crippen LogP contribution in [0.1, 0.15) is 62.7 Å². The lowest BCUT2D eigenvalue weighted by Gasteiger charge is -2.59. The van der Waals surface area contributed by atoms with Gasteiger partial charge in [-0.25, -0.2) is 4.79 Å². The van der Waals surface area contributed by atoms with Crippen LogP contribution in [0, 0.1) is 28.6 Å². The lowest BCUT2D eigenvalue weighted by Crippen LogP contribution is -2.63. The van der Waals surface area contributed by atoms with E-state index < -0.39 is 23.1 Å². The van der Waals surface area contributed by atoms with Crippen LogP contribution in [0.15, 0.2) is 48.1 Å². The number of rotatable bonds is 7. The molecule has 0 saturated heterocycles. The van der Waals surface area contributed by atoms with Gasteiger partial charge in [0.1, 0.15) is 11.4 Å². The van der Waals surface area contributed by atoms with Gasteiger partial charge < -0.3 is 25.0 Å². The van der Waals surface area contributed by atoms with Crippen LogP contribution < -0.4 is 10.1 Å². The lowest BCUT2D eigenvalue weighted by atomic mass is 9.46. The zero-order chi connectivity index (χ0) is 28.0. The minimum Gasteiger partial charge on any atom is -0.494 e. The van der Waals surface area contributed by atoms with Crippen LogP contribution in [-0.2, 0) is 14.3 Å². The molecule has 3 fully saturated rings. The van der Waals surface area contributed by atoms with Crippen molar-refractivity contribution in [3.63, 3.8) is 0 Å². The summed E-state index contributed by atoms with van der Waals surface area (Å²) in [5.74, 6) is 0.0655. The standard InChI is InChI=1S/C31H39NO7/c1-29-13-11-21(33)17-20(29)7-10-23-24-12-14-31(37,30(24,2)18-25(34)26(23)29)28(36)32-15-4-16-39-22-8-5-19(6-9-22)27(35)38-3/h5-6,8-9,11,13,17,23-26,34,37H,4,7,10,12,14-16,18H2,1-3H3,(H,32,36). The first kappa shape index (κ1) is 27.6. The van der Waals surface area contributed by atoms with Crippen molar-refractivity contribution in [2.24, 2.45) is 28.6 Å². The van der Waals surface area contributed by atoms with Gasteiger partial charge in [-0.1, -0.05) is 25.5 Å². The van der Waals surface area contributed by atoms with Gasteiger partial charge in [-0.15, -0.1) is 0 Å². The summed E-state index contributed by atoms with van der Waals surface area (Å²) in [6, 6.07) is 6.65. The molecule has 0 aromatic heterocycles. The van der Waals surface area contributed by atoms with Crippen molar-refractivity contribution in [2.75, 3.05) is 20.3 Å². The Morgan fingerprint density at radius 2 is 1.90 bits per heavy atom. The van der Waals surface area contributed by atoms with Crippen molar-refractivity contribution in [2.45, 2.75) is 64.1 Å². The molecule has 0 heterocycles. The molecule has 4 aliphatic carbocycles. The van der Waals surface area contributed by atoms with Gasteiger partial charge in [0.05, 0.1) is 25.4 Å². The number of carbonyl (C=O) groups excluding carboxylic acids is 3. The van der Waals surface area contributed by atoms with Crippen molar-refractivity contribution in [3.05, 3.63) is 53.6 Å². The average molecular weight is 538 g/mol. The van der Waals surface area contributed by atoms with E-state index in [4.69, 9.17) is 9.47 Å². The Labute approximate surface area is 229 Å². The van der Waals surface area contributed by atoms with E-state index in [0.29, 0.717) is 43.7 Å². The maximum Gasteiger partial charge on any atom is 0.337 e. The maximum absolute atomic E-state index is 13.4. The van der Waals surface area contributed by atoms with Crippen LogP contribution >= 0.6 is 0 Å². The normalized spacial score (nSPS) is 36.7. The number of amides is 1. The molecule has 8 nitrogen and oxygen atoms in total. The summed E-state index contributed by atoms with van der Waals surface area (Å²) in [6.45, 7) is 4.80. The quantitative estimate of drug-likeness (QED) is 0.360. The number of fused-ring (bicyclic) bond motifs is 5. The van der Waals surface area contributed by atoms with Crippen LogP contribution in [0.3, 0.4) is 0 Å². The second-order valence-electron chi connectivity index (χ2n) is 12.1. The Morgan fingerprint density at radius 3 is 2.62 bits per heavy atom. The molecule has 3 N–H and O–H groups in total. The lowest BCUT2D eigenvalue weighted by molar-refractivity contribution is -0.178. The van der Waals surface area contributed by atoms with Gasteiger partial charge in [0.2, 0.25) is 0 Å². The summed E-state index contributed by atoms with van der Waals surface area (Å²) in [7, 11) is 1.33. The zero-order valence-corrected chi connectivity index (χ0v) is 22.9. The molecule has 3 saturated carbocycles. The topological polar surface area (TPSA) is 122 Å². The fourth-order valence-electron chi connectivity index (χ4n) is 8.12. The van der Waals surface area contributed by atoms with Gasteiger partial charge in [0.15, 0.2) is 5.78 Å². The first-order chi connectivity index (χ1) is 18.5. The Hall–Kier alpha value is -2.97. The highest BCUT2D eigenvalue weighted by Crippen LogP contribution is 2.66. The Kier molecular flexibility index (Phi) is 7.22. The number of hydrogen-bond donors (Lipinski definition) is 3. The molecule has 1 amide bonds. The SMILES string of the molecule is COC(=O)c1ccc(OCCCNC(=O)C2(O)CCC3C4CCC5=CC(=O)C=CC5(C)C4C(O)CC32C)cc1. The molecule has 0 aliphatic heterocycles. The number of aliphatic hydroxyl groups excluding tert-OH is 1. The summed E-state index contributed by atoms with van der Waals surface area (Å²) in [4.78, 5) is 37.0. The highest BCUT2D eigenvalue weighted by Gasteiger charge is 2.68. The fourth-order valence-corrected chi connectivity index (χ4v) is 8.12. The molecule has 7 atom stereocenters. The van der Waals surface area contributed by atoms with Crippen LogP contribution in [0.5, 0.6) is 5.75 Å². The number of aliphatic hydroxyl groups is 2. The molecular weight excluding hydrogens is 498 g/mol. The minimum absolute atomic E-state index is 0.00449. The summed E-state index contributed by atoms with van der Waals surface area (Å²) in [5, 5.41) is 26.2. The van der Waals surface area contributed by atoms with Crippen LogP contribution in [0.25, 0.3) is 0 Å². The fraction of sp³-hybridized carbons (Fsp3) is 0.581. The van der Waals surface area contributed by atoms with Crippen LogP contribution in [0.2, 0.25) is 0 Å². The average Bonchev–Trinajstić information content (AvgIpc) is 3.19. The van der Waals surface area contributed by atoms with E-state index in [1.165, 1.54) is 7.11 Å². The van der Waals surface area contributed by atoms with Crippen molar-refractivity contribution in [3.8, 4) is 5.75 Å². The number of benzene rings is 1. The number of allylic oxidation sites excluding steroid dienone is 4. The van der Waals surface area contributed by atoms with E-state index in [9.17, 15) is 24.6 Å². The molecule has 0 spiro atoms. The van der Waals surface area contributed by atoms with E-state index in [1.807, 2.05) is 13.0 Å². The minimum atomic E-state index is -1.55. The van der Waals surface area contributed by atoms with Crippen molar-refractivity contribution in [1.29, 1.82) is 0 Å². The molecule has 0 radical (unpaired) electrons. The number of ketones is 1. The summed E-state index contributed by atoms with van der Waals surface area (Å²) in [5.41, 5.74) is -1.13. The number of carbonyl (C=O) groups is 3. The largest absolute Gasteiger partial charge is 0.494 e. The first-order valence-electron chi connectivity index (χ1n) is 14.0. The molecule has 4 aliphatic rings. The van der Waals surface area contributed by atoms with Crippen molar-refractivity contribution < 1.29 is 34.1 Å². The van der Waals surface area contributed by atoms with Gasteiger partial charge in [-0.05, 0) is 86.8 Å². The number of methoxy groups -OCH3 is 1. The molecule has 1 aromatic carbocycles. The predicted molar refractivity (Wildman–Crippen MR) is 144 cm³/mol. The molecular formula is C31H39NO7. The van der Waals surface area contributed by atoms with Crippen molar-refractivity contribution in [1.82, 2.24) is 5.32 Å². The summed E-state index contributed by atoms with van der Waals surface area (Å²) >= 11 is 0. The van der Waals surface area contributed by atoms with Crippen LogP contribution in [0.4, 0.5) is 0 Å². The Morgan fingerprint density at radius 1 is 1.15 bits per heavy atom. The highest BCUT2D eigenvalue weighted by molar-refractivity contribution is 6.01. The van der Waals surface area contributed by atoms with Gasteiger partial charge in [-0.2, -0.15) is 0 Å². The number of ether oxygens (including phenoxy) is 2. The number of hydrogen-bond acceptors (Lipinski definition) is 7. The van der Waals surface area contributed by atoms with Gasteiger partial charge in [0.25, 0.3) is 5.91 Å². The van der Waals surface area contributed by atoms with E-state index >= 15 is 0 Å². The number of esters is 1. The van der Waals surface area contributed by atoms with Crippen LogP contribution in [-0.4, -0.2) is 59.8 Å². The molecule has 39 heavy (non-hydrogen) atoms. The summed E-state index contributed by atoms with van der Waals surface area (Å²) < 4.78 is 10.4. The van der Waals surface area contributed by atoms with E-state index in [0.717, 1.165) is 24.8 Å². The smallest absolute Gasteiger partial charge is 0.337 e. The molecule has 1 aromatic rings. The first-order valence-corrected chi connectivity index (χ1v) is 14.0. The van der Waals surface area contributed by atoms with Gasteiger partial charge in [-0.3, -0.25) is 9.59 Å². The summed E-state index contributed by atoms with van der Waals surface area (Å²) in [6.07, 6.45) is 8.27. The Balaban J connectivity index is 1.19. The maximum atomic E-state index is 13.4. The third-order valence-corrected chi connectivity index (χ3v) is 10.2. The molecule has 7 unspecified atom stereocenters. The van der Waals surface area contributed by atoms with Gasteiger partial charge in [0, 0.05) is 23.3 Å².